The van der Waals surface area contributed by atoms with Crippen molar-refractivity contribution < 1.29 is 23.5 Å². The third-order valence-corrected chi connectivity index (χ3v) is 7.17. The molecule has 4 amide bonds. The maximum Gasteiger partial charge on any atom is 0.321 e. The molecule has 1 atom stereocenters. The molecule has 0 saturated carbocycles. The maximum absolute atomic E-state index is 14.1. The number of aliphatic imine (C=N–C) groups is 1. The molecule has 0 bridgehead atoms. The van der Waals surface area contributed by atoms with Crippen molar-refractivity contribution in [1.82, 2.24) is 10.2 Å². The first-order chi connectivity index (χ1) is 20.8. The minimum absolute atomic E-state index is 0.353. The van der Waals surface area contributed by atoms with Crippen LogP contribution in [0.25, 0.3) is 0 Å². The number of likely N-dealkylation sites (N-methyl/N-ethyl adjacent to an activating group) is 1. The largest absolute Gasteiger partial charge is 0.379 e. The number of urea groups is 1. The SMILES string of the molecule is CN(C(=O)CN1C(=O)C(NC(=O)Nc2cccc(C#N)c2)N=C(CN2CCOCC2)c2ccccc21)c1ccc(F)cc1. The zero-order chi connectivity index (χ0) is 30.3. The van der Waals surface area contributed by atoms with Crippen LogP contribution >= 0.6 is 0 Å². The Hall–Kier alpha value is -5.12. The van der Waals surface area contributed by atoms with Crippen molar-refractivity contribution >= 4 is 40.6 Å². The molecule has 0 radical (unpaired) electrons. The van der Waals surface area contributed by atoms with Gasteiger partial charge in [0.15, 0.2) is 0 Å². The Kier molecular flexibility index (Phi) is 9.05. The molecule has 1 fully saturated rings. The number of ether oxygens (including phenoxy) is 1. The van der Waals surface area contributed by atoms with E-state index in [1.807, 2.05) is 18.2 Å². The van der Waals surface area contributed by atoms with Crippen LogP contribution in [0.15, 0.2) is 77.8 Å². The monoisotopic (exact) mass is 583 g/mol. The molecular weight excluding hydrogens is 553 g/mol. The highest BCUT2D eigenvalue weighted by Crippen LogP contribution is 2.27. The molecule has 2 heterocycles. The van der Waals surface area contributed by atoms with Crippen LogP contribution < -0.4 is 20.4 Å². The average Bonchev–Trinajstić information content (AvgIpc) is 3.12. The molecule has 1 unspecified atom stereocenters. The second kappa shape index (κ2) is 13.2. The number of anilines is 3. The first kappa shape index (κ1) is 29.4. The molecule has 220 valence electrons. The number of nitrogens with one attached hydrogen (secondary N) is 2. The summed E-state index contributed by atoms with van der Waals surface area (Å²) in [7, 11) is 1.54. The third kappa shape index (κ3) is 7.03. The zero-order valence-electron chi connectivity index (χ0n) is 23.5. The summed E-state index contributed by atoms with van der Waals surface area (Å²) in [6.07, 6.45) is -1.36. The fourth-order valence-corrected chi connectivity index (χ4v) is 4.86. The van der Waals surface area contributed by atoms with E-state index in [9.17, 15) is 24.0 Å². The van der Waals surface area contributed by atoms with Gasteiger partial charge in [-0.05, 0) is 48.5 Å². The molecule has 2 aliphatic heterocycles. The normalized spacial score (nSPS) is 16.8. The lowest BCUT2D eigenvalue weighted by Crippen LogP contribution is -2.51. The fourth-order valence-electron chi connectivity index (χ4n) is 4.86. The van der Waals surface area contributed by atoms with Gasteiger partial charge in [-0.2, -0.15) is 5.26 Å². The highest BCUT2D eigenvalue weighted by Gasteiger charge is 2.35. The summed E-state index contributed by atoms with van der Waals surface area (Å²) in [6.45, 7) is 2.52. The molecule has 2 aliphatic rings. The summed E-state index contributed by atoms with van der Waals surface area (Å²) >= 11 is 0. The molecule has 1 saturated heterocycles. The number of morpholine rings is 1. The number of carbonyl (C=O) groups is 3. The van der Waals surface area contributed by atoms with E-state index in [2.05, 4.69) is 15.5 Å². The van der Waals surface area contributed by atoms with E-state index in [1.165, 1.54) is 40.1 Å². The van der Waals surface area contributed by atoms with Gasteiger partial charge in [0, 0.05) is 43.6 Å². The van der Waals surface area contributed by atoms with Crippen LogP contribution in [0, 0.1) is 17.1 Å². The van der Waals surface area contributed by atoms with E-state index in [0.717, 1.165) is 0 Å². The molecule has 0 aliphatic carbocycles. The van der Waals surface area contributed by atoms with Gasteiger partial charge in [0.1, 0.15) is 12.4 Å². The third-order valence-electron chi connectivity index (χ3n) is 7.17. The Bertz CT molecular complexity index is 1580. The zero-order valence-corrected chi connectivity index (χ0v) is 23.5. The Labute approximate surface area is 248 Å². The van der Waals surface area contributed by atoms with E-state index in [0.29, 0.717) is 66.7 Å². The summed E-state index contributed by atoms with van der Waals surface area (Å²) in [5.41, 5.74) is 2.90. The number of benzodiazepines with no additional fused rings is 1. The first-order valence-corrected chi connectivity index (χ1v) is 13.7. The Morgan fingerprint density at radius 3 is 2.58 bits per heavy atom. The predicted molar refractivity (Wildman–Crippen MR) is 160 cm³/mol. The molecule has 3 aromatic rings. The number of nitrogens with zero attached hydrogens (tertiary/aromatic N) is 5. The topological polar surface area (TPSA) is 130 Å². The molecule has 3 aromatic carbocycles. The van der Waals surface area contributed by atoms with Crippen molar-refractivity contribution in [3.63, 3.8) is 0 Å². The number of para-hydroxylation sites is 1. The number of benzene rings is 3. The van der Waals surface area contributed by atoms with E-state index < -0.39 is 29.8 Å². The number of carbonyl (C=O) groups excluding carboxylic acids is 3. The molecule has 12 heteroatoms. The van der Waals surface area contributed by atoms with Crippen molar-refractivity contribution in [2.75, 3.05) is 61.6 Å². The Morgan fingerprint density at radius 1 is 1.09 bits per heavy atom. The van der Waals surface area contributed by atoms with Crippen LogP contribution in [0.4, 0.5) is 26.2 Å². The van der Waals surface area contributed by atoms with Crippen molar-refractivity contribution in [3.8, 4) is 6.07 Å². The van der Waals surface area contributed by atoms with Gasteiger partial charge in [-0.25, -0.2) is 9.18 Å². The second-order valence-corrected chi connectivity index (χ2v) is 10.0. The summed E-state index contributed by atoms with van der Waals surface area (Å²) in [5, 5.41) is 14.5. The highest BCUT2D eigenvalue weighted by molar-refractivity contribution is 6.16. The summed E-state index contributed by atoms with van der Waals surface area (Å²) in [5.74, 6) is -1.47. The number of hydrogen-bond donors (Lipinski definition) is 2. The van der Waals surface area contributed by atoms with Gasteiger partial charge >= 0.3 is 6.03 Å². The van der Waals surface area contributed by atoms with Gasteiger partial charge in [-0.15, -0.1) is 0 Å². The molecular formula is C31H30FN7O4. The minimum Gasteiger partial charge on any atom is -0.379 e. The van der Waals surface area contributed by atoms with Crippen molar-refractivity contribution in [2.24, 2.45) is 4.99 Å². The van der Waals surface area contributed by atoms with E-state index >= 15 is 0 Å². The lowest BCUT2D eigenvalue weighted by atomic mass is 10.1. The first-order valence-electron chi connectivity index (χ1n) is 13.7. The van der Waals surface area contributed by atoms with E-state index in [-0.39, 0.29) is 6.54 Å². The summed E-state index contributed by atoms with van der Waals surface area (Å²) < 4.78 is 19.0. The number of nitriles is 1. The Balaban J connectivity index is 1.46. The lowest BCUT2D eigenvalue weighted by molar-refractivity contribution is -0.123. The number of halogens is 1. The van der Waals surface area contributed by atoms with Crippen molar-refractivity contribution in [1.29, 1.82) is 5.26 Å². The van der Waals surface area contributed by atoms with Gasteiger partial charge in [-0.3, -0.25) is 24.4 Å². The number of rotatable bonds is 7. The van der Waals surface area contributed by atoms with Crippen LogP contribution in [0.3, 0.4) is 0 Å². The molecule has 0 aromatic heterocycles. The maximum atomic E-state index is 14.1. The van der Waals surface area contributed by atoms with Gasteiger partial charge in [0.2, 0.25) is 12.1 Å². The average molecular weight is 584 g/mol. The standard InChI is InChI=1S/C31H30FN7O4/c1-37(24-11-9-22(32)10-12-24)28(40)20-39-27-8-3-2-7-25(27)26(19-38-13-15-43-16-14-38)35-29(30(39)41)36-31(42)34-23-6-4-5-21(17-23)18-33/h2-12,17,29H,13-16,19-20H2,1H3,(H2,34,36,42). The molecule has 11 nitrogen and oxygen atoms in total. The van der Waals surface area contributed by atoms with Crippen LogP contribution in [-0.4, -0.2) is 81.1 Å². The van der Waals surface area contributed by atoms with E-state index in [1.54, 1.807) is 37.4 Å². The smallest absolute Gasteiger partial charge is 0.321 e. The molecule has 2 N–H and O–H groups in total. The van der Waals surface area contributed by atoms with Gasteiger partial charge in [0.05, 0.1) is 36.2 Å². The van der Waals surface area contributed by atoms with E-state index in [4.69, 9.17) is 9.73 Å². The summed E-state index contributed by atoms with van der Waals surface area (Å²) in [4.78, 5) is 50.1. The second-order valence-electron chi connectivity index (χ2n) is 10.0. The predicted octanol–water partition coefficient (Wildman–Crippen LogP) is 2.98. The number of amides is 4. The molecule has 43 heavy (non-hydrogen) atoms. The number of fused-ring (bicyclic) bond motifs is 1. The minimum atomic E-state index is -1.36. The van der Waals surface area contributed by atoms with Crippen LogP contribution in [-0.2, 0) is 14.3 Å². The van der Waals surface area contributed by atoms with Crippen LogP contribution in [0.1, 0.15) is 11.1 Å². The molecule has 0 spiro atoms. The fraction of sp³-hybridized carbons (Fsp3) is 0.258. The van der Waals surface area contributed by atoms with Crippen molar-refractivity contribution in [2.45, 2.75) is 6.17 Å². The van der Waals surface area contributed by atoms with Gasteiger partial charge in [-0.1, -0.05) is 24.3 Å². The number of hydrogen-bond acceptors (Lipinski definition) is 7. The summed E-state index contributed by atoms with van der Waals surface area (Å²) in [6, 6.07) is 20.3. The highest BCUT2D eigenvalue weighted by atomic mass is 19.1. The van der Waals surface area contributed by atoms with Crippen LogP contribution in [0.5, 0.6) is 0 Å². The van der Waals surface area contributed by atoms with Crippen molar-refractivity contribution in [3.05, 3.63) is 89.7 Å². The van der Waals surface area contributed by atoms with Crippen LogP contribution in [0.2, 0.25) is 0 Å². The Morgan fingerprint density at radius 2 is 1.84 bits per heavy atom. The van der Waals surface area contributed by atoms with Gasteiger partial charge in [0.25, 0.3) is 5.91 Å². The quantitative estimate of drug-likeness (QED) is 0.440. The van der Waals surface area contributed by atoms with Gasteiger partial charge < -0.3 is 20.3 Å². The molecule has 5 rings (SSSR count). The lowest BCUT2D eigenvalue weighted by Gasteiger charge is -2.28.